The first-order valence-electron chi connectivity index (χ1n) is 13.1. The molecule has 0 saturated carbocycles. The number of hydrazine groups is 1. The number of carbonyl (C=O) groups is 1. The summed E-state index contributed by atoms with van der Waals surface area (Å²) in [5, 5.41) is 13.3. The van der Waals surface area contributed by atoms with Crippen molar-refractivity contribution in [2.45, 2.75) is 37.6 Å². The molecule has 3 aromatic carbocycles. The number of benzene rings is 3. The molecular weight excluding hydrogens is 544 g/mol. The number of aliphatic hydroxyl groups is 1. The van der Waals surface area contributed by atoms with Crippen molar-refractivity contribution in [3.63, 3.8) is 0 Å². The van der Waals surface area contributed by atoms with Crippen molar-refractivity contribution < 1.29 is 19.4 Å². The molecule has 0 aliphatic carbocycles. The van der Waals surface area contributed by atoms with Crippen LogP contribution in [0.3, 0.4) is 0 Å². The van der Waals surface area contributed by atoms with Gasteiger partial charge in [0.25, 0.3) is 5.91 Å². The summed E-state index contributed by atoms with van der Waals surface area (Å²) < 4.78 is 12.1. The van der Waals surface area contributed by atoms with Crippen molar-refractivity contribution in [2.75, 3.05) is 13.2 Å². The third-order valence-corrected chi connectivity index (χ3v) is 6.93. The lowest BCUT2D eigenvalue weighted by Gasteiger charge is -2.30. The molecule has 3 N–H and O–H groups in total. The number of hydrogen-bond acceptors (Lipinski definition) is 7. The van der Waals surface area contributed by atoms with Crippen LogP contribution in [0.15, 0.2) is 95.6 Å². The van der Waals surface area contributed by atoms with E-state index in [1.165, 1.54) is 0 Å². The van der Waals surface area contributed by atoms with E-state index in [4.69, 9.17) is 36.7 Å². The van der Waals surface area contributed by atoms with Gasteiger partial charge in [0.15, 0.2) is 11.6 Å². The zero-order valence-electron chi connectivity index (χ0n) is 22.4. The van der Waals surface area contributed by atoms with Gasteiger partial charge in [-0.15, -0.1) is 6.58 Å². The van der Waals surface area contributed by atoms with Gasteiger partial charge in [0.05, 0.1) is 13.2 Å². The van der Waals surface area contributed by atoms with E-state index in [0.29, 0.717) is 47.0 Å². The first-order chi connectivity index (χ1) is 20.0. The summed E-state index contributed by atoms with van der Waals surface area (Å²) in [6.45, 7) is 4.71. The van der Waals surface area contributed by atoms with Gasteiger partial charge in [0.2, 0.25) is 5.90 Å². The number of rotatable bonds is 14. The predicted octanol–water partition coefficient (Wildman–Crippen LogP) is 5.57. The lowest BCUT2D eigenvalue weighted by molar-refractivity contribution is -0.129. The molecule has 2 atom stereocenters. The van der Waals surface area contributed by atoms with E-state index in [2.05, 4.69) is 27.5 Å². The fourth-order valence-corrected chi connectivity index (χ4v) is 4.73. The molecule has 0 unspecified atom stereocenters. The minimum absolute atomic E-state index is 0.0476. The van der Waals surface area contributed by atoms with E-state index >= 15 is 0 Å². The molecule has 0 bridgehead atoms. The Morgan fingerprint density at radius 1 is 1.17 bits per heavy atom. The van der Waals surface area contributed by atoms with Crippen LogP contribution in [-0.4, -0.2) is 35.7 Å². The van der Waals surface area contributed by atoms with Crippen LogP contribution in [0.2, 0.25) is 5.02 Å². The first kappa shape index (κ1) is 29.6. The average Bonchev–Trinajstić information content (AvgIpc) is 3.38. The summed E-state index contributed by atoms with van der Waals surface area (Å²) in [6.07, 6.45) is 1.48. The minimum Gasteiger partial charge on any atom is -0.494 e. The average molecular weight is 575 g/mol. The molecule has 0 saturated heterocycles. The summed E-state index contributed by atoms with van der Waals surface area (Å²) in [5.41, 5.74) is 16.1. The number of nitrogens with zero attached hydrogens (tertiary/aromatic N) is 4. The SMILES string of the molecule is C=CC[C@]1(C(=O)NNCc2ccccc2Cl)N=C(c2ccc(OCCCO)cc2)O[C@H]1c1ccccc1CN=[N+]=[N-]. The van der Waals surface area contributed by atoms with Crippen LogP contribution in [0.5, 0.6) is 5.75 Å². The summed E-state index contributed by atoms with van der Waals surface area (Å²) >= 11 is 6.28. The fraction of sp³-hybridized carbons (Fsp3) is 0.267. The maximum absolute atomic E-state index is 14.0. The van der Waals surface area contributed by atoms with E-state index in [9.17, 15) is 4.79 Å². The van der Waals surface area contributed by atoms with Crippen molar-refractivity contribution in [1.82, 2.24) is 10.9 Å². The largest absolute Gasteiger partial charge is 0.494 e. The fourth-order valence-electron chi connectivity index (χ4n) is 4.52. The number of azide groups is 1. The second-order valence-corrected chi connectivity index (χ2v) is 9.68. The number of hydrogen-bond donors (Lipinski definition) is 3. The molecule has 1 aliphatic rings. The van der Waals surface area contributed by atoms with E-state index in [0.717, 1.165) is 5.56 Å². The molecule has 0 spiro atoms. The summed E-state index contributed by atoms with van der Waals surface area (Å²) in [4.78, 5) is 21.7. The van der Waals surface area contributed by atoms with Gasteiger partial charge in [0, 0.05) is 41.5 Å². The van der Waals surface area contributed by atoms with Crippen LogP contribution < -0.4 is 15.6 Å². The Bertz CT molecular complexity index is 1440. The molecule has 212 valence electrons. The lowest BCUT2D eigenvalue weighted by Crippen LogP contribution is -2.52. The third-order valence-electron chi connectivity index (χ3n) is 6.57. The van der Waals surface area contributed by atoms with E-state index in [1.54, 1.807) is 36.4 Å². The number of aliphatic imine (C=N–C) groups is 1. The highest BCUT2D eigenvalue weighted by molar-refractivity contribution is 6.31. The summed E-state index contributed by atoms with van der Waals surface area (Å²) in [5.74, 6) is 0.488. The molecule has 10 nitrogen and oxygen atoms in total. The zero-order valence-corrected chi connectivity index (χ0v) is 23.1. The standard InChI is InChI=1S/C30H31ClN6O4/c1-2-16-30(29(39)36-33-20-23-9-4-6-11-26(23)31)27(25-10-5-3-8-22(25)19-34-37-32)41-28(35-30)21-12-14-24(15-13-21)40-18-7-17-38/h2-6,8-15,27,33,38H,1,7,16-20H2,(H,36,39)/t27-,30-/m0/s1. The van der Waals surface area contributed by atoms with Crippen LogP contribution >= 0.6 is 11.6 Å². The van der Waals surface area contributed by atoms with Gasteiger partial charge >= 0.3 is 0 Å². The monoisotopic (exact) mass is 574 g/mol. The van der Waals surface area contributed by atoms with Gasteiger partial charge in [0.1, 0.15) is 5.75 Å². The van der Waals surface area contributed by atoms with Crippen LogP contribution in [0.4, 0.5) is 0 Å². The van der Waals surface area contributed by atoms with Crippen molar-refractivity contribution in [1.29, 1.82) is 0 Å². The van der Waals surface area contributed by atoms with Crippen molar-refractivity contribution in [2.24, 2.45) is 10.1 Å². The van der Waals surface area contributed by atoms with Gasteiger partial charge < -0.3 is 14.6 Å². The Kier molecular flexibility index (Phi) is 10.4. The minimum atomic E-state index is -1.42. The zero-order chi connectivity index (χ0) is 29.1. The lowest BCUT2D eigenvalue weighted by atomic mass is 9.83. The molecule has 1 aliphatic heterocycles. The molecule has 1 amide bonds. The number of nitrogens with one attached hydrogen (secondary N) is 2. The van der Waals surface area contributed by atoms with Crippen LogP contribution in [-0.2, 0) is 22.6 Å². The number of amides is 1. The van der Waals surface area contributed by atoms with E-state index in [1.807, 2.05) is 42.5 Å². The van der Waals surface area contributed by atoms with Gasteiger partial charge in [-0.2, -0.15) is 0 Å². The molecule has 0 fully saturated rings. The first-order valence-corrected chi connectivity index (χ1v) is 13.5. The predicted molar refractivity (Wildman–Crippen MR) is 157 cm³/mol. The van der Waals surface area contributed by atoms with Crippen molar-refractivity contribution in [3.05, 3.63) is 123 Å². The van der Waals surface area contributed by atoms with Gasteiger partial charge in [-0.3, -0.25) is 10.2 Å². The Hall–Kier alpha value is -4.34. The third kappa shape index (κ3) is 7.06. The van der Waals surface area contributed by atoms with E-state index < -0.39 is 17.6 Å². The Morgan fingerprint density at radius 3 is 2.61 bits per heavy atom. The summed E-state index contributed by atoms with van der Waals surface area (Å²) in [6, 6.07) is 21.8. The van der Waals surface area contributed by atoms with E-state index in [-0.39, 0.29) is 25.5 Å². The molecular formula is C30H31ClN6O4. The second-order valence-electron chi connectivity index (χ2n) is 9.27. The number of halogens is 1. The molecule has 3 aromatic rings. The highest BCUT2D eigenvalue weighted by atomic mass is 35.5. The quantitative estimate of drug-likeness (QED) is 0.0576. The Labute approximate surface area is 243 Å². The van der Waals surface area contributed by atoms with Crippen LogP contribution in [0.1, 0.15) is 41.2 Å². The normalized spacial score (nSPS) is 17.6. The van der Waals surface area contributed by atoms with Gasteiger partial charge in [-0.25, -0.2) is 10.4 Å². The van der Waals surface area contributed by atoms with Crippen molar-refractivity contribution >= 4 is 23.4 Å². The number of ether oxygens (including phenoxy) is 2. The smallest absolute Gasteiger partial charge is 0.266 e. The van der Waals surface area contributed by atoms with Gasteiger partial charge in [-0.1, -0.05) is 65.3 Å². The number of aliphatic hydroxyl groups excluding tert-OH is 1. The second kappa shape index (κ2) is 14.3. The highest BCUT2D eigenvalue weighted by Crippen LogP contribution is 2.44. The highest BCUT2D eigenvalue weighted by Gasteiger charge is 2.53. The molecule has 4 rings (SSSR count). The maximum atomic E-state index is 14.0. The Morgan fingerprint density at radius 2 is 1.90 bits per heavy atom. The van der Waals surface area contributed by atoms with Crippen LogP contribution in [0, 0.1) is 0 Å². The molecule has 0 aromatic heterocycles. The van der Waals surface area contributed by atoms with Gasteiger partial charge in [-0.05, 0) is 52.6 Å². The summed E-state index contributed by atoms with van der Waals surface area (Å²) in [7, 11) is 0. The Balaban J connectivity index is 1.68. The number of carbonyl (C=O) groups excluding carboxylic acids is 1. The molecule has 41 heavy (non-hydrogen) atoms. The molecule has 1 heterocycles. The molecule has 11 heteroatoms. The van der Waals surface area contributed by atoms with Crippen molar-refractivity contribution in [3.8, 4) is 5.75 Å². The maximum Gasteiger partial charge on any atom is 0.266 e. The van der Waals surface area contributed by atoms with Crippen LogP contribution in [0.25, 0.3) is 10.4 Å². The molecule has 0 radical (unpaired) electrons. The topological polar surface area (TPSA) is 141 Å².